The van der Waals surface area contributed by atoms with Crippen LogP contribution in [-0.4, -0.2) is 18.5 Å². The third-order valence-corrected chi connectivity index (χ3v) is 2.57. The van der Waals surface area contributed by atoms with Crippen molar-refractivity contribution >= 4 is 24.2 Å². The summed E-state index contributed by atoms with van der Waals surface area (Å²) in [5.74, 6) is -0.327. The minimum atomic E-state index is -0.327. The van der Waals surface area contributed by atoms with Crippen LogP contribution in [0, 0.1) is 0 Å². The molecule has 0 saturated carbocycles. The van der Waals surface area contributed by atoms with Gasteiger partial charge in [0.15, 0.2) is 0 Å². The van der Waals surface area contributed by atoms with Crippen LogP contribution >= 0.6 is 0 Å². The van der Waals surface area contributed by atoms with Gasteiger partial charge in [-0.15, -0.1) is 0 Å². The van der Waals surface area contributed by atoms with E-state index in [-0.39, 0.29) is 5.91 Å². The minimum absolute atomic E-state index is 0.327. The van der Waals surface area contributed by atoms with Gasteiger partial charge < -0.3 is 5.32 Å². The third-order valence-electron chi connectivity index (χ3n) is 2.57. The Morgan fingerprint density at radius 3 is 2.21 bits per heavy atom. The zero-order valence-corrected chi connectivity index (χ0v) is 10.00. The lowest BCUT2D eigenvalue weighted by molar-refractivity contribution is 0.102. The van der Waals surface area contributed by atoms with Gasteiger partial charge in [0.1, 0.15) is 12.6 Å². The van der Waals surface area contributed by atoms with Crippen molar-refractivity contribution in [2.75, 3.05) is 5.32 Å². The summed E-state index contributed by atoms with van der Waals surface area (Å²) in [5.41, 5.74) is 1.85. The summed E-state index contributed by atoms with van der Waals surface area (Å²) in [4.78, 5) is 33.3. The quantitative estimate of drug-likeness (QED) is 0.852. The maximum Gasteiger partial charge on any atom is 0.255 e. The smallest absolute Gasteiger partial charge is 0.255 e. The first kappa shape index (κ1) is 12.7. The van der Waals surface area contributed by atoms with Crippen LogP contribution in [0.1, 0.15) is 31.1 Å². The lowest BCUT2D eigenvalue weighted by Crippen LogP contribution is -2.12. The van der Waals surface area contributed by atoms with E-state index in [0.29, 0.717) is 35.0 Å². The van der Waals surface area contributed by atoms with Gasteiger partial charge >= 0.3 is 0 Å². The zero-order chi connectivity index (χ0) is 13.7. The van der Waals surface area contributed by atoms with E-state index < -0.39 is 0 Å². The topological polar surface area (TPSA) is 63.2 Å². The molecule has 0 fully saturated rings. The van der Waals surface area contributed by atoms with Crippen molar-refractivity contribution in [2.24, 2.45) is 0 Å². The van der Waals surface area contributed by atoms with Crippen molar-refractivity contribution in [1.82, 2.24) is 0 Å². The molecule has 0 saturated heterocycles. The first-order valence-electron chi connectivity index (χ1n) is 5.65. The molecule has 0 aliphatic carbocycles. The molecule has 0 radical (unpaired) electrons. The van der Waals surface area contributed by atoms with Crippen LogP contribution in [0.2, 0.25) is 0 Å². The molecule has 1 N–H and O–H groups in total. The van der Waals surface area contributed by atoms with E-state index in [1.165, 1.54) is 6.07 Å². The predicted molar refractivity (Wildman–Crippen MR) is 71.6 cm³/mol. The number of carbonyl (C=O) groups excluding carboxylic acids is 3. The molecule has 0 spiro atoms. The van der Waals surface area contributed by atoms with Gasteiger partial charge in [-0.25, -0.2) is 0 Å². The lowest BCUT2D eigenvalue weighted by Gasteiger charge is -2.06. The summed E-state index contributed by atoms with van der Waals surface area (Å²) >= 11 is 0. The zero-order valence-electron chi connectivity index (χ0n) is 10.00. The second-order valence-corrected chi connectivity index (χ2v) is 3.94. The highest BCUT2D eigenvalue weighted by Crippen LogP contribution is 2.12. The molecule has 0 unspecified atom stereocenters. The molecular formula is C15H11NO3. The van der Waals surface area contributed by atoms with E-state index in [2.05, 4.69) is 5.32 Å². The van der Waals surface area contributed by atoms with E-state index in [1.54, 1.807) is 42.5 Å². The molecule has 2 aromatic rings. The highest BCUT2D eigenvalue weighted by atomic mass is 16.1. The number of carbonyl (C=O) groups is 3. The first-order valence-corrected chi connectivity index (χ1v) is 5.65. The van der Waals surface area contributed by atoms with Gasteiger partial charge in [0, 0.05) is 22.4 Å². The largest absolute Gasteiger partial charge is 0.322 e. The predicted octanol–water partition coefficient (Wildman–Crippen LogP) is 2.56. The van der Waals surface area contributed by atoms with Crippen LogP contribution in [0.5, 0.6) is 0 Å². The third kappa shape index (κ3) is 3.13. The Labute approximate surface area is 110 Å². The summed E-state index contributed by atoms with van der Waals surface area (Å²) in [6.45, 7) is 0. The average molecular weight is 253 g/mol. The van der Waals surface area contributed by atoms with Crippen LogP contribution in [0.4, 0.5) is 5.69 Å². The first-order chi connectivity index (χ1) is 9.22. The van der Waals surface area contributed by atoms with Crippen molar-refractivity contribution in [3.8, 4) is 0 Å². The fourth-order valence-corrected chi connectivity index (χ4v) is 1.65. The molecule has 0 aliphatic heterocycles. The van der Waals surface area contributed by atoms with Crippen molar-refractivity contribution in [2.45, 2.75) is 0 Å². The van der Waals surface area contributed by atoms with Crippen LogP contribution in [0.15, 0.2) is 48.5 Å². The van der Waals surface area contributed by atoms with Crippen LogP contribution in [-0.2, 0) is 0 Å². The Balaban J connectivity index is 2.20. The van der Waals surface area contributed by atoms with Gasteiger partial charge in [-0.3, -0.25) is 14.4 Å². The van der Waals surface area contributed by atoms with Gasteiger partial charge in [-0.05, 0) is 24.3 Å². The van der Waals surface area contributed by atoms with Gasteiger partial charge in [-0.1, -0.05) is 24.3 Å². The average Bonchev–Trinajstić information content (AvgIpc) is 2.47. The highest BCUT2D eigenvalue weighted by Gasteiger charge is 2.06. The summed E-state index contributed by atoms with van der Waals surface area (Å²) in [6, 6.07) is 13.0. The molecular weight excluding hydrogens is 242 g/mol. The second kappa shape index (κ2) is 5.73. The van der Waals surface area contributed by atoms with Gasteiger partial charge in [0.2, 0.25) is 0 Å². The molecule has 4 nitrogen and oxygen atoms in total. The number of benzene rings is 2. The number of nitrogens with one attached hydrogen (secondary N) is 1. The molecule has 0 aliphatic rings. The van der Waals surface area contributed by atoms with Crippen LogP contribution < -0.4 is 5.32 Å². The molecule has 19 heavy (non-hydrogen) atoms. The van der Waals surface area contributed by atoms with Crippen LogP contribution in [0.3, 0.4) is 0 Å². The maximum absolute atomic E-state index is 12.0. The van der Waals surface area contributed by atoms with Gasteiger partial charge in [0.05, 0.1) is 0 Å². The highest BCUT2D eigenvalue weighted by molar-refractivity contribution is 6.05. The number of hydrogen-bond donors (Lipinski definition) is 1. The van der Waals surface area contributed by atoms with Gasteiger partial charge in [0.25, 0.3) is 5.91 Å². The SMILES string of the molecule is O=Cc1cccc(NC(=O)c2cccc(C=O)c2)c1. The molecule has 94 valence electrons. The Kier molecular flexibility index (Phi) is 3.83. The van der Waals surface area contributed by atoms with E-state index >= 15 is 0 Å². The van der Waals surface area contributed by atoms with E-state index in [1.807, 2.05) is 0 Å². The fraction of sp³-hybridized carbons (Fsp3) is 0. The molecule has 0 heterocycles. The number of aldehydes is 2. The lowest BCUT2D eigenvalue weighted by atomic mass is 10.1. The maximum atomic E-state index is 12.0. The van der Waals surface area contributed by atoms with Crippen LogP contribution in [0.25, 0.3) is 0 Å². The fourth-order valence-electron chi connectivity index (χ4n) is 1.65. The monoisotopic (exact) mass is 253 g/mol. The Bertz CT molecular complexity index is 635. The molecule has 4 heteroatoms. The van der Waals surface area contributed by atoms with E-state index in [4.69, 9.17) is 0 Å². The minimum Gasteiger partial charge on any atom is -0.322 e. The normalized spacial score (nSPS) is 9.68. The Morgan fingerprint density at radius 1 is 0.895 bits per heavy atom. The number of anilines is 1. The molecule has 2 rings (SSSR count). The number of amides is 1. The second-order valence-electron chi connectivity index (χ2n) is 3.94. The van der Waals surface area contributed by atoms with E-state index in [0.717, 1.165) is 0 Å². The van der Waals surface area contributed by atoms with Gasteiger partial charge in [-0.2, -0.15) is 0 Å². The van der Waals surface area contributed by atoms with Crippen molar-refractivity contribution in [3.63, 3.8) is 0 Å². The van der Waals surface area contributed by atoms with Crippen molar-refractivity contribution < 1.29 is 14.4 Å². The summed E-state index contributed by atoms with van der Waals surface area (Å²) in [7, 11) is 0. The number of hydrogen-bond acceptors (Lipinski definition) is 3. The summed E-state index contributed by atoms with van der Waals surface area (Å²) in [6.07, 6.45) is 1.40. The standard InChI is InChI=1S/C15H11NO3/c17-9-11-3-1-5-13(7-11)15(19)16-14-6-2-4-12(8-14)10-18/h1-10H,(H,16,19). The molecule has 2 aromatic carbocycles. The molecule has 0 aromatic heterocycles. The molecule has 0 atom stereocenters. The number of rotatable bonds is 4. The summed E-state index contributed by atoms with van der Waals surface area (Å²) < 4.78 is 0. The van der Waals surface area contributed by atoms with E-state index in [9.17, 15) is 14.4 Å². The molecule has 1 amide bonds. The van der Waals surface area contributed by atoms with Crippen molar-refractivity contribution in [3.05, 3.63) is 65.2 Å². The van der Waals surface area contributed by atoms with Crippen molar-refractivity contribution in [1.29, 1.82) is 0 Å². The Hall–Kier alpha value is -2.75. The summed E-state index contributed by atoms with van der Waals surface area (Å²) in [5, 5.41) is 2.67. The molecule has 0 bridgehead atoms. The Morgan fingerprint density at radius 2 is 1.53 bits per heavy atom.